The van der Waals surface area contributed by atoms with Crippen LogP contribution in [0.3, 0.4) is 0 Å². The topological polar surface area (TPSA) is 9.23 Å². The average Bonchev–Trinajstić information content (AvgIpc) is 2.65. The molecule has 166 valence electrons. The predicted octanol–water partition coefficient (Wildman–Crippen LogP) is 8.63. The van der Waals surface area contributed by atoms with Crippen LogP contribution >= 0.6 is 10.2 Å². The summed E-state index contributed by atoms with van der Waals surface area (Å²) < 4.78 is 69.6. The van der Waals surface area contributed by atoms with E-state index in [0.29, 0.717) is 17.7 Å². The third-order valence-corrected chi connectivity index (χ3v) is 6.41. The van der Waals surface area contributed by atoms with Crippen molar-refractivity contribution in [2.45, 2.75) is 82.1 Å². The van der Waals surface area contributed by atoms with Crippen LogP contribution in [-0.4, -0.2) is 12.7 Å². The maximum absolute atomic E-state index is 12.7. The minimum absolute atomic E-state index is 0.166. The highest BCUT2D eigenvalue weighted by atomic mass is 32.5. The molecule has 1 aromatic carbocycles. The lowest BCUT2D eigenvalue weighted by atomic mass is 9.87. The van der Waals surface area contributed by atoms with Gasteiger partial charge in [0.1, 0.15) is 4.90 Å². The molecule has 0 atom stereocenters. The fourth-order valence-corrected chi connectivity index (χ4v) is 4.14. The molecule has 0 radical (unpaired) electrons. The van der Waals surface area contributed by atoms with Gasteiger partial charge in [0.15, 0.2) is 0 Å². The highest BCUT2D eigenvalue weighted by Gasteiger charge is 2.65. The first-order chi connectivity index (χ1) is 13.5. The maximum atomic E-state index is 12.7. The maximum Gasteiger partial charge on any atom is 0.310 e. The molecule has 0 spiro atoms. The van der Waals surface area contributed by atoms with Crippen LogP contribution in [0.4, 0.5) is 19.4 Å². The molecule has 0 heterocycles. The van der Waals surface area contributed by atoms with Crippen molar-refractivity contribution >= 4 is 10.2 Å². The molecule has 0 saturated heterocycles. The van der Waals surface area contributed by atoms with Crippen molar-refractivity contribution in [2.24, 2.45) is 5.92 Å². The van der Waals surface area contributed by atoms with Gasteiger partial charge in [0, 0.05) is 18.1 Å². The normalized spacial score (nSPS) is 22.3. The molecule has 1 nitrogen and oxygen atoms in total. The van der Waals surface area contributed by atoms with E-state index in [1.54, 1.807) is 0 Å². The van der Waals surface area contributed by atoms with Gasteiger partial charge < -0.3 is 4.74 Å². The van der Waals surface area contributed by atoms with E-state index in [1.165, 1.54) is 32.1 Å². The number of unbranched alkanes of at least 4 members (excludes halogenated alkanes) is 5. The Bertz CT molecular complexity index is 695. The summed E-state index contributed by atoms with van der Waals surface area (Å²) in [5, 5.41) is 0. The fourth-order valence-electron chi connectivity index (χ4n) is 3.49. The molecule has 1 saturated carbocycles. The highest BCUT2D eigenvalue weighted by molar-refractivity contribution is 8.45. The molecule has 0 bridgehead atoms. The van der Waals surface area contributed by atoms with Gasteiger partial charge in [-0.25, -0.2) is 0 Å². The second-order valence-electron chi connectivity index (χ2n) is 7.87. The van der Waals surface area contributed by atoms with E-state index in [1.807, 2.05) is 0 Å². The summed E-state index contributed by atoms with van der Waals surface area (Å²) in [6.07, 6.45) is 11.3. The zero-order valence-electron chi connectivity index (χ0n) is 16.9. The van der Waals surface area contributed by atoms with Crippen molar-refractivity contribution in [2.75, 3.05) is 6.61 Å². The Morgan fingerprint density at radius 1 is 0.862 bits per heavy atom. The van der Waals surface area contributed by atoms with Crippen LogP contribution in [0.1, 0.15) is 76.7 Å². The number of ether oxygens (including phenoxy) is 1. The van der Waals surface area contributed by atoms with Gasteiger partial charge >= 0.3 is 10.2 Å². The largest absolute Gasteiger partial charge is 0.378 e. The standard InChI is InChI=1S/C22H31F5OS/c1-2-3-4-5-6-7-18-28-21-14-10-19(11-15-21)8-9-20-12-16-22(17-13-20)29(23,24,25,26)27/h12-13,16-17,19,21H,2-7,10-11,14-15,18H2,1H3. The minimum atomic E-state index is -9.61. The lowest BCUT2D eigenvalue weighted by molar-refractivity contribution is 0.0209. The van der Waals surface area contributed by atoms with Gasteiger partial charge in [-0.05, 0) is 56.4 Å². The van der Waals surface area contributed by atoms with E-state index in [-0.39, 0.29) is 12.0 Å². The van der Waals surface area contributed by atoms with Crippen LogP contribution in [0.15, 0.2) is 29.2 Å². The summed E-state index contributed by atoms with van der Waals surface area (Å²) in [4.78, 5) is -1.88. The molecule has 2 rings (SSSR count). The Kier molecular flexibility index (Phi) is 7.67. The van der Waals surface area contributed by atoms with Crippen molar-refractivity contribution in [3.8, 4) is 11.8 Å². The van der Waals surface area contributed by atoms with Gasteiger partial charge in [-0.1, -0.05) is 70.3 Å². The summed E-state index contributed by atoms with van der Waals surface area (Å²) in [5.41, 5.74) is 0.317. The summed E-state index contributed by atoms with van der Waals surface area (Å²) >= 11 is 0. The quantitative estimate of drug-likeness (QED) is 0.213. The third kappa shape index (κ3) is 8.96. The Morgan fingerprint density at radius 3 is 2.03 bits per heavy atom. The lowest BCUT2D eigenvalue weighted by Crippen LogP contribution is -2.21. The van der Waals surface area contributed by atoms with Crippen molar-refractivity contribution in [1.29, 1.82) is 0 Å². The van der Waals surface area contributed by atoms with Crippen LogP contribution in [-0.2, 0) is 4.74 Å². The van der Waals surface area contributed by atoms with Crippen molar-refractivity contribution in [3.63, 3.8) is 0 Å². The van der Waals surface area contributed by atoms with Crippen LogP contribution in [0, 0.1) is 17.8 Å². The van der Waals surface area contributed by atoms with Crippen molar-refractivity contribution in [1.82, 2.24) is 0 Å². The predicted molar refractivity (Wildman–Crippen MR) is 110 cm³/mol. The summed E-state index contributed by atoms with van der Waals surface area (Å²) in [6, 6.07) is 2.85. The van der Waals surface area contributed by atoms with E-state index >= 15 is 0 Å². The summed E-state index contributed by atoms with van der Waals surface area (Å²) in [6.45, 7) is 3.00. The van der Waals surface area contributed by atoms with Crippen LogP contribution < -0.4 is 0 Å². The van der Waals surface area contributed by atoms with E-state index < -0.39 is 15.1 Å². The van der Waals surface area contributed by atoms with Gasteiger partial charge in [-0.3, -0.25) is 0 Å². The first-order valence-corrected chi connectivity index (χ1v) is 12.4. The van der Waals surface area contributed by atoms with Gasteiger partial charge in [0.05, 0.1) is 6.10 Å². The number of rotatable bonds is 9. The van der Waals surface area contributed by atoms with Crippen LogP contribution in [0.25, 0.3) is 0 Å². The van der Waals surface area contributed by atoms with E-state index in [2.05, 4.69) is 18.8 Å². The molecule has 1 aliphatic carbocycles. The van der Waals surface area contributed by atoms with Gasteiger partial charge in [-0.15, -0.1) is 0 Å². The highest BCUT2D eigenvalue weighted by Crippen LogP contribution is 3.02. The molecule has 0 aromatic heterocycles. The first-order valence-electron chi connectivity index (χ1n) is 10.5. The number of hydrogen-bond donors (Lipinski definition) is 0. The first kappa shape index (κ1) is 24.0. The summed E-state index contributed by atoms with van der Waals surface area (Å²) in [5.74, 6) is 6.05. The number of halogens is 5. The van der Waals surface area contributed by atoms with E-state index in [4.69, 9.17) is 4.74 Å². The molecule has 0 N–H and O–H groups in total. The van der Waals surface area contributed by atoms with Gasteiger partial charge in [0.25, 0.3) is 0 Å². The lowest BCUT2D eigenvalue weighted by Gasteiger charge is -2.40. The Morgan fingerprint density at radius 2 is 1.45 bits per heavy atom. The molecule has 1 fully saturated rings. The molecule has 29 heavy (non-hydrogen) atoms. The molecular formula is C22H31F5OS. The molecule has 1 aromatic rings. The third-order valence-electron chi connectivity index (χ3n) is 5.25. The van der Waals surface area contributed by atoms with E-state index in [0.717, 1.165) is 50.8 Å². The van der Waals surface area contributed by atoms with Crippen molar-refractivity contribution < 1.29 is 24.2 Å². The van der Waals surface area contributed by atoms with Gasteiger partial charge in [0.2, 0.25) is 0 Å². The van der Waals surface area contributed by atoms with Crippen molar-refractivity contribution in [3.05, 3.63) is 29.8 Å². The Balaban J connectivity index is 1.72. The second kappa shape index (κ2) is 9.26. The average molecular weight is 439 g/mol. The SMILES string of the molecule is CCCCCCCCOC1CCC(C#Cc2ccc(S(F)(F)(F)(F)F)cc2)CC1. The summed E-state index contributed by atoms with van der Waals surface area (Å²) in [7, 11) is -9.61. The zero-order valence-corrected chi connectivity index (χ0v) is 17.8. The second-order valence-corrected chi connectivity index (χ2v) is 10.3. The Hall–Kier alpha value is -1.26. The molecule has 0 aliphatic heterocycles. The molecule has 0 amide bonds. The molecule has 7 heteroatoms. The fraction of sp³-hybridized carbons (Fsp3) is 0.636. The van der Waals surface area contributed by atoms with Crippen LogP contribution in [0.5, 0.6) is 0 Å². The van der Waals surface area contributed by atoms with Gasteiger partial charge in [-0.2, -0.15) is 0 Å². The number of benzene rings is 1. The molecular weight excluding hydrogens is 407 g/mol. The van der Waals surface area contributed by atoms with Crippen LogP contribution in [0.2, 0.25) is 0 Å². The zero-order chi connectivity index (χ0) is 21.4. The molecule has 0 unspecified atom stereocenters. The smallest absolute Gasteiger partial charge is 0.310 e. The molecule has 1 aliphatic rings. The number of hydrogen-bond acceptors (Lipinski definition) is 1. The minimum Gasteiger partial charge on any atom is -0.378 e. The van der Waals surface area contributed by atoms with E-state index in [9.17, 15) is 19.4 Å². The Labute approximate surface area is 171 Å². The monoisotopic (exact) mass is 438 g/mol.